The highest BCUT2D eigenvalue weighted by Crippen LogP contribution is 2.42. The molecule has 0 fully saturated rings. The minimum absolute atomic E-state index is 0.159. The summed E-state index contributed by atoms with van der Waals surface area (Å²) in [5, 5.41) is 0. The van der Waals surface area contributed by atoms with Crippen LogP contribution >= 0.6 is 0 Å². The smallest absolute Gasteiger partial charge is 0.273 e. The maximum Gasteiger partial charge on any atom is 0.273 e. The first-order valence-corrected chi connectivity index (χ1v) is 6.57. The standard InChI is InChI=1S/C17H14N2O2/c1-2-11-19-15-13(18)9-6-10-14(15)21-16(17(19)20)12-7-4-3-5-8-12/h1,3-10,16H,11,18H2. The number of rotatable bonds is 2. The van der Waals surface area contributed by atoms with Gasteiger partial charge in [-0.2, -0.15) is 0 Å². The maximum absolute atomic E-state index is 12.7. The molecular weight excluding hydrogens is 264 g/mol. The summed E-state index contributed by atoms with van der Waals surface area (Å²) in [6.45, 7) is 0.159. The molecule has 2 aromatic rings. The minimum Gasteiger partial charge on any atom is -0.474 e. The Hall–Kier alpha value is -2.93. The van der Waals surface area contributed by atoms with Gasteiger partial charge in [0.15, 0.2) is 0 Å². The predicted octanol–water partition coefficient (Wildman–Crippen LogP) is 2.37. The fraction of sp³-hybridized carbons (Fsp3) is 0.118. The van der Waals surface area contributed by atoms with Gasteiger partial charge in [-0.15, -0.1) is 6.42 Å². The number of para-hydroxylation sites is 1. The maximum atomic E-state index is 12.7. The van der Waals surface area contributed by atoms with Gasteiger partial charge in [-0.25, -0.2) is 0 Å². The zero-order valence-corrected chi connectivity index (χ0v) is 11.3. The second-order valence-electron chi connectivity index (χ2n) is 4.73. The van der Waals surface area contributed by atoms with Crippen LogP contribution in [0.2, 0.25) is 0 Å². The molecule has 1 unspecified atom stereocenters. The van der Waals surface area contributed by atoms with E-state index in [1.807, 2.05) is 30.3 Å². The van der Waals surface area contributed by atoms with Crippen molar-refractivity contribution < 1.29 is 9.53 Å². The lowest BCUT2D eigenvalue weighted by atomic mass is 10.0. The average molecular weight is 278 g/mol. The van der Waals surface area contributed by atoms with Crippen LogP contribution in [0.15, 0.2) is 48.5 Å². The number of ether oxygens (including phenoxy) is 1. The third-order valence-electron chi connectivity index (χ3n) is 3.39. The third kappa shape index (κ3) is 2.19. The number of amides is 1. The zero-order chi connectivity index (χ0) is 14.8. The highest BCUT2D eigenvalue weighted by molar-refractivity contribution is 6.03. The monoisotopic (exact) mass is 278 g/mol. The van der Waals surface area contributed by atoms with Gasteiger partial charge in [0, 0.05) is 5.56 Å². The predicted molar refractivity (Wildman–Crippen MR) is 81.9 cm³/mol. The Balaban J connectivity index is 2.10. The van der Waals surface area contributed by atoms with Crippen LogP contribution in [0, 0.1) is 12.3 Å². The van der Waals surface area contributed by atoms with Crippen molar-refractivity contribution in [2.45, 2.75) is 6.10 Å². The van der Waals surface area contributed by atoms with E-state index >= 15 is 0 Å². The third-order valence-corrected chi connectivity index (χ3v) is 3.39. The first kappa shape index (κ1) is 13.1. The SMILES string of the molecule is C#CCN1C(=O)C(c2ccccc2)Oc2cccc(N)c21. The average Bonchev–Trinajstić information content (AvgIpc) is 2.51. The molecule has 0 spiro atoms. The van der Waals surface area contributed by atoms with Crippen LogP contribution < -0.4 is 15.4 Å². The molecule has 4 heteroatoms. The summed E-state index contributed by atoms with van der Waals surface area (Å²) in [5.74, 6) is 2.87. The second-order valence-corrected chi connectivity index (χ2v) is 4.73. The molecule has 1 aliphatic heterocycles. The Morgan fingerprint density at radius 1 is 1.19 bits per heavy atom. The minimum atomic E-state index is -0.700. The van der Waals surface area contributed by atoms with E-state index < -0.39 is 6.10 Å². The summed E-state index contributed by atoms with van der Waals surface area (Å²) >= 11 is 0. The molecule has 0 radical (unpaired) electrons. The van der Waals surface area contributed by atoms with Crippen molar-refractivity contribution in [3.8, 4) is 18.1 Å². The van der Waals surface area contributed by atoms with E-state index in [1.54, 1.807) is 18.2 Å². The van der Waals surface area contributed by atoms with Gasteiger partial charge >= 0.3 is 0 Å². The van der Waals surface area contributed by atoms with Gasteiger partial charge in [0.1, 0.15) is 11.4 Å². The number of benzene rings is 2. The first-order chi connectivity index (χ1) is 10.2. The van der Waals surface area contributed by atoms with Gasteiger partial charge in [0.2, 0.25) is 6.10 Å². The molecule has 0 bridgehead atoms. The molecule has 1 heterocycles. The Bertz CT molecular complexity index is 719. The van der Waals surface area contributed by atoms with E-state index in [9.17, 15) is 4.79 Å². The van der Waals surface area contributed by atoms with E-state index in [0.29, 0.717) is 17.1 Å². The second kappa shape index (κ2) is 5.22. The van der Waals surface area contributed by atoms with Crippen LogP contribution in [0.4, 0.5) is 11.4 Å². The summed E-state index contributed by atoms with van der Waals surface area (Å²) in [7, 11) is 0. The molecule has 0 saturated heterocycles. The van der Waals surface area contributed by atoms with Crippen molar-refractivity contribution in [1.82, 2.24) is 0 Å². The molecular formula is C17H14N2O2. The Labute approximate surface area is 123 Å². The number of hydrogen-bond donors (Lipinski definition) is 1. The fourth-order valence-electron chi connectivity index (χ4n) is 2.44. The number of carbonyl (C=O) groups excluding carboxylic acids is 1. The summed E-state index contributed by atoms with van der Waals surface area (Å²) in [5.41, 5.74) is 7.78. The number of nitrogen functional groups attached to an aromatic ring is 1. The van der Waals surface area contributed by atoms with Gasteiger partial charge in [0.05, 0.1) is 12.2 Å². The van der Waals surface area contributed by atoms with E-state index in [-0.39, 0.29) is 12.5 Å². The van der Waals surface area contributed by atoms with Gasteiger partial charge in [-0.05, 0) is 12.1 Å². The molecule has 2 N–H and O–H groups in total. The van der Waals surface area contributed by atoms with Crippen LogP contribution in [0.3, 0.4) is 0 Å². The summed E-state index contributed by atoms with van der Waals surface area (Å²) in [4.78, 5) is 14.2. The van der Waals surface area contributed by atoms with E-state index in [2.05, 4.69) is 5.92 Å². The molecule has 2 aromatic carbocycles. The van der Waals surface area contributed by atoms with Crippen molar-refractivity contribution in [3.63, 3.8) is 0 Å². The van der Waals surface area contributed by atoms with Crippen molar-refractivity contribution >= 4 is 17.3 Å². The van der Waals surface area contributed by atoms with Crippen molar-refractivity contribution in [1.29, 1.82) is 0 Å². The Morgan fingerprint density at radius 2 is 1.95 bits per heavy atom. The molecule has 104 valence electrons. The van der Waals surface area contributed by atoms with Crippen LogP contribution in [0.1, 0.15) is 11.7 Å². The quantitative estimate of drug-likeness (QED) is 0.677. The molecule has 0 aliphatic carbocycles. The molecule has 4 nitrogen and oxygen atoms in total. The number of nitrogens with zero attached hydrogens (tertiary/aromatic N) is 1. The van der Waals surface area contributed by atoms with Crippen LogP contribution in [-0.4, -0.2) is 12.5 Å². The topological polar surface area (TPSA) is 55.6 Å². The lowest BCUT2D eigenvalue weighted by Gasteiger charge is -2.34. The first-order valence-electron chi connectivity index (χ1n) is 6.57. The fourth-order valence-corrected chi connectivity index (χ4v) is 2.44. The van der Waals surface area contributed by atoms with Crippen LogP contribution in [0.5, 0.6) is 5.75 Å². The van der Waals surface area contributed by atoms with E-state index in [4.69, 9.17) is 16.9 Å². The molecule has 0 aromatic heterocycles. The van der Waals surface area contributed by atoms with E-state index in [0.717, 1.165) is 5.56 Å². The molecule has 1 atom stereocenters. The van der Waals surface area contributed by atoms with Gasteiger partial charge in [-0.1, -0.05) is 42.3 Å². The Morgan fingerprint density at radius 3 is 2.67 bits per heavy atom. The molecule has 1 aliphatic rings. The molecule has 21 heavy (non-hydrogen) atoms. The number of nitrogens with two attached hydrogens (primary N) is 1. The van der Waals surface area contributed by atoms with Crippen LogP contribution in [0.25, 0.3) is 0 Å². The summed E-state index contributed by atoms with van der Waals surface area (Å²) in [6, 6.07) is 14.6. The highest BCUT2D eigenvalue weighted by Gasteiger charge is 2.36. The van der Waals surface area contributed by atoms with Gasteiger partial charge in [0.25, 0.3) is 5.91 Å². The number of terminal acetylenes is 1. The lowest BCUT2D eigenvalue weighted by molar-refractivity contribution is -0.126. The zero-order valence-electron chi connectivity index (χ0n) is 11.3. The highest BCUT2D eigenvalue weighted by atomic mass is 16.5. The van der Waals surface area contributed by atoms with Gasteiger partial charge < -0.3 is 10.5 Å². The number of carbonyl (C=O) groups is 1. The van der Waals surface area contributed by atoms with Gasteiger partial charge in [-0.3, -0.25) is 9.69 Å². The summed E-state index contributed by atoms with van der Waals surface area (Å²) < 4.78 is 5.85. The van der Waals surface area contributed by atoms with Crippen molar-refractivity contribution in [3.05, 3.63) is 54.1 Å². The largest absolute Gasteiger partial charge is 0.474 e. The normalized spacial score (nSPS) is 16.8. The number of anilines is 2. The van der Waals surface area contributed by atoms with Crippen molar-refractivity contribution in [2.24, 2.45) is 0 Å². The summed E-state index contributed by atoms with van der Waals surface area (Å²) in [6.07, 6.45) is 4.69. The van der Waals surface area contributed by atoms with E-state index in [1.165, 1.54) is 4.90 Å². The lowest BCUT2D eigenvalue weighted by Crippen LogP contribution is -2.41. The number of fused-ring (bicyclic) bond motifs is 1. The Kier molecular flexibility index (Phi) is 3.25. The van der Waals surface area contributed by atoms with Crippen molar-refractivity contribution in [2.75, 3.05) is 17.2 Å². The molecule has 3 rings (SSSR count). The molecule has 1 amide bonds. The van der Waals surface area contributed by atoms with Crippen LogP contribution in [-0.2, 0) is 4.79 Å². The molecule has 0 saturated carbocycles. The number of hydrogen-bond acceptors (Lipinski definition) is 3.